The maximum Gasteiger partial charge on any atom is 0.262 e. The summed E-state index contributed by atoms with van der Waals surface area (Å²) in [5, 5.41) is 0. The number of halogens is 1. The van der Waals surface area contributed by atoms with Crippen molar-refractivity contribution in [2.45, 2.75) is 45.6 Å². The van der Waals surface area contributed by atoms with Crippen molar-refractivity contribution in [1.29, 1.82) is 0 Å². The highest BCUT2D eigenvalue weighted by Crippen LogP contribution is 2.35. The molecule has 0 spiro atoms. The van der Waals surface area contributed by atoms with E-state index in [-0.39, 0.29) is 17.0 Å². The molecular formula is C24H27BrN2O2. The van der Waals surface area contributed by atoms with Crippen molar-refractivity contribution >= 4 is 0 Å². The number of rotatable bonds is 3. The van der Waals surface area contributed by atoms with Gasteiger partial charge < -0.3 is 26.5 Å². The van der Waals surface area contributed by atoms with Crippen molar-refractivity contribution in [3.63, 3.8) is 0 Å². The number of ether oxygens (including phenoxy) is 2. The predicted octanol–water partition coefficient (Wildman–Crippen LogP) is 1.50. The number of fused-ring (bicyclic) bond motifs is 2. The summed E-state index contributed by atoms with van der Waals surface area (Å²) in [5.74, 6) is 3.08. The van der Waals surface area contributed by atoms with Gasteiger partial charge in [-0.1, -0.05) is 19.1 Å². The molecule has 3 heterocycles. The molecule has 4 nitrogen and oxygen atoms in total. The van der Waals surface area contributed by atoms with Crippen LogP contribution in [0.25, 0.3) is 16.9 Å². The molecule has 0 N–H and O–H groups in total. The number of aromatic nitrogens is 2. The maximum absolute atomic E-state index is 5.84. The van der Waals surface area contributed by atoms with Crippen LogP contribution < -0.4 is 31.0 Å². The molecule has 5 rings (SSSR count). The second-order valence-electron chi connectivity index (χ2n) is 7.65. The maximum atomic E-state index is 5.84. The monoisotopic (exact) mass is 454 g/mol. The fourth-order valence-electron chi connectivity index (χ4n) is 4.31. The lowest BCUT2D eigenvalue weighted by atomic mass is 10.1. The minimum absolute atomic E-state index is 0. The van der Waals surface area contributed by atoms with Crippen molar-refractivity contribution in [2.75, 3.05) is 13.2 Å². The SMILES string of the molecule is CCc1ccc(-n2c(-c3ccc4c(c3)OCCO4)c[n+]3c2CCCCC3)cc1.[Br-]. The van der Waals surface area contributed by atoms with E-state index in [2.05, 4.69) is 58.7 Å². The quantitative estimate of drug-likeness (QED) is 0.560. The number of aryl methyl sites for hydroxylation is 2. The lowest BCUT2D eigenvalue weighted by molar-refractivity contribution is -0.702. The summed E-state index contributed by atoms with van der Waals surface area (Å²) >= 11 is 0. The third-order valence-electron chi connectivity index (χ3n) is 5.85. The summed E-state index contributed by atoms with van der Waals surface area (Å²) in [6, 6.07) is 15.3. The zero-order chi connectivity index (χ0) is 18.9. The molecule has 5 heteroatoms. The molecule has 0 saturated carbocycles. The van der Waals surface area contributed by atoms with Crippen LogP contribution in [0, 0.1) is 0 Å². The molecule has 0 bridgehead atoms. The van der Waals surface area contributed by atoms with Crippen LogP contribution in [0.1, 0.15) is 37.6 Å². The Kier molecular flexibility index (Phi) is 5.95. The highest BCUT2D eigenvalue weighted by atomic mass is 79.9. The Balaban J connectivity index is 0.00000205. The molecule has 152 valence electrons. The number of benzene rings is 2. The average molecular weight is 455 g/mol. The van der Waals surface area contributed by atoms with E-state index in [1.54, 1.807) is 0 Å². The lowest BCUT2D eigenvalue weighted by Gasteiger charge is -2.18. The number of hydrogen-bond acceptors (Lipinski definition) is 2. The predicted molar refractivity (Wildman–Crippen MR) is 109 cm³/mol. The molecule has 0 unspecified atom stereocenters. The third kappa shape index (κ3) is 3.80. The van der Waals surface area contributed by atoms with Crippen molar-refractivity contribution in [3.8, 4) is 28.4 Å². The average Bonchev–Trinajstić information content (AvgIpc) is 2.96. The molecule has 2 aromatic carbocycles. The normalized spacial score (nSPS) is 15.2. The van der Waals surface area contributed by atoms with Gasteiger partial charge in [0, 0.05) is 12.0 Å². The van der Waals surface area contributed by atoms with E-state index >= 15 is 0 Å². The summed E-state index contributed by atoms with van der Waals surface area (Å²) in [5.41, 5.74) is 5.00. The Morgan fingerprint density at radius 1 is 0.931 bits per heavy atom. The van der Waals surface area contributed by atoms with Gasteiger partial charge in [-0.05, 0) is 61.6 Å². The van der Waals surface area contributed by atoms with Gasteiger partial charge >= 0.3 is 0 Å². The Morgan fingerprint density at radius 3 is 2.52 bits per heavy atom. The summed E-state index contributed by atoms with van der Waals surface area (Å²) < 4.78 is 16.4. The second kappa shape index (κ2) is 8.62. The van der Waals surface area contributed by atoms with E-state index in [0.29, 0.717) is 13.2 Å². The first-order valence-corrected chi connectivity index (χ1v) is 10.5. The number of nitrogens with zero attached hydrogens (tertiary/aromatic N) is 2. The van der Waals surface area contributed by atoms with E-state index in [4.69, 9.17) is 9.47 Å². The third-order valence-corrected chi connectivity index (χ3v) is 5.85. The van der Waals surface area contributed by atoms with Gasteiger partial charge in [-0.25, -0.2) is 4.57 Å². The minimum atomic E-state index is 0. The molecule has 3 aromatic rings. The van der Waals surface area contributed by atoms with Gasteiger partial charge in [0.1, 0.15) is 25.1 Å². The minimum Gasteiger partial charge on any atom is -1.00 e. The molecular weight excluding hydrogens is 428 g/mol. The topological polar surface area (TPSA) is 27.3 Å². The largest absolute Gasteiger partial charge is 1.00 e. The molecule has 0 radical (unpaired) electrons. The van der Waals surface area contributed by atoms with Crippen molar-refractivity contribution in [2.24, 2.45) is 0 Å². The van der Waals surface area contributed by atoms with Gasteiger partial charge in [0.15, 0.2) is 17.2 Å². The van der Waals surface area contributed by atoms with Crippen molar-refractivity contribution < 1.29 is 31.0 Å². The Bertz CT molecular complexity index is 995. The van der Waals surface area contributed by atoms with Crippen molar-refractivity contribution in [3.05, 3.63) is 60.0 Å². The molecule has 29 heavy (non-hydrogen) atoms. The summed E-state index contributed by atoms with van der Waals surface area (Å²) in [6.07, 6.45) is 8.29. The van der Waals surface area contributed by atoms with Crippen LogP contribution in [0.15, 0.2) is 48.7 Å². The standard InChI is InChI=1S/C24H27N2O2.BrH/c1-2-18-7-10-20(11-8-18)26-21(17-25-13-5-3-4-6-24(25)26)19-9-12-22-23(16-19)28-15-14-27-22;/h7-12,16-17H,2-6,13-15H2,1H3;1H/q+1;/p-1. The van der Waals surface area contributed by atoms with Gasteiger partial charge in [0.05, 0.1) is 6.54 Å². The number of imidazole rings is 1. The lowest BCUT2D eigenvalue weighted by Crippen LogP contribution is -3.00. The van der Waals surface area contributed by atoms with E-state index < -0.39 is 0 Å². The van der Waals surface area contributed by atoms with Crippen LogP contribution in [-0.4, -0.2) is 17.8 Å². The molecule has 2 aliphatic heterocycles. The Labute approximate surface area is 182 Å². The van der Waals surface area contributed by atoms with E-state index in [1.807, 2.05) is 6.07 Å². The van der Waals surface area contributed by atoms with E-state index in [1.165, 1.54) is 47.6 Å². The first kappa shape index (κ1) is 20.0. The summed E-state index contributed by atoms with van der Waals surface area (Å²) in [4.78, 5) is 0. The van der Waals surface area contributed by atoms with Crippen LogP contribution in [0.3, 0.4) is 0 Å². The van der Waals surface area contributed by atoms with E-state index in [9.17, 15) is 0 Å². The molecule has 0 fully saturated rings. The first-order chi connectivity index (χ1) is 13.8. The molecule has 1 aromatic heterocycles. The Hall–Kier alpha value is -2.27. The smallest absolute Gasteiger partial charge is 0.262 e. The van der Waals surface area contributed by atoms with Crippen LogP contribution >= 0.6 is 0 Å². The highest BCUT2D eigenvalue weighted by molar-refractivity contribution is 5.66. The fourth-order valence-corrected chi connectivity index (χ4v) is 4.31. The Morgan fingerprint density at radius 2 is 1.72 bits per heavy atom. The van der Waals surface area contributed by atoms with Gasteiger partial charge in [0.2, 0.25) is 0 Å². The van der Waals surface area contributed by atoms with Gasteiger partial charge in [0.25, 0.3) is 5.82 Å². The summed E-state index contributed by atoms with van der Waals surface area (Å²) in [6.45, 7) is 4.53. The van der Waals surface area contributed by atoms with E-state index in [0.717, 1.165) is 30.9 Å². The van der Waals surface area contributed by atoms with Crippen LogP contribution in [0.4, 0.5) is 0 Å². The van der Waals surface area contributed by atoms with Crippen LogP contribution in [0.2, 0.25) is 0 Å². The molecule has 0 atom stereocenters. The van der Waals surface area contributed by atoms with Gasteiger partial charge in [-0.2, -0.15) is 4.57 Å². The fraction of sp³-hybridized carbons (Fsp3) is 0.375. The molecule has 0 saturated heterocycles. The molecule has 0 aliphatic carbocycles. The zero-order valence-corrected chi connectivity index (χ0v) is 18.5. The first-order valence-electron chi connectivity index (χ1n) is 10.5. The molecule has 2 aliphatic rings. The summed E-state index contributed by atoms with van der Waals surface area (Å²) in [7, 11) is 0. The highest BCUT2D eigenvalue weighted by Gasteiger charge is 2.28. The number of hydrogen-bond donors (Lipinski definition) is 0. The van der Waals surface area contributed by atoms with Crippen molar-refractivity contribution in [1.82, 2.24) is 4.57 Å². The second-order valence-corrected chi connectivity index (χ2v) is 7.65. The zero-order valence-electron chi connectivity index (χ0n) is 16.9. The van der Waals surface area contributed by atoms with Gasteiger partial charge in [-0.15, -0.1) is 0 Å². The van der Waals surface area contributed by atoms with Crippen LogP contribution in [0.5, 0.6) is 11.5 Å². The molecule has 0 amide bonds. The van der Waals surface area contributed by atoms with Gasteiger partial charge in [-0.3, -0.25) is 0 Å². The van der Waals surface area contributed by atoms with Crippen LogP contribution in [-0.2, 0) is 19.4 Å².